The molecule has 0 bridgehead atoms. The molecule has 446 valence electrons. The number of fused-ring (bicyclic) bond motifs is 4. The van der Waals surface area contributed by atoms with E-state index in [2.05, 4.69) is 75.7 Å². The van der Waals surface area contributed by atoms with Crippen molar-refractivity contribution in [1.29, 1.82) is 0 Å². The number of nitrogens with one attached hydrogen (secondary N) is 6. The number of imidazole rings is 2. The molecule has 8 heterocycles. The van der Waals surface area contributed by atoms with Gasteiger partial charge in [-0.1, -0.05) is 56.9 Å². The Morgan fingerprint density at radius 3 is 1.93 bits per heavy atom. The summed E-state index contributed by atoms with van der Waals surface area (Å²) in [6.45, 7) is -5.88. The fourth-order valence-corrected chi connectivity index (χ4v) is 12.4. The van der Waals surface area contributed by atoms with Gasteiger partial charge in [0.2, 0.25) is 29.6 Å². The Kier molecular flexibility index (Phi) is 18.3. The Morgan fingerprint density at radius 1 is 0.783 bits per heavy atom. The third-order valence-electron chi connectivity index (χ3n) is 13.5. The number of unbranched alkanes of at least 4 members (excludes halogenated alkanes) is 2. The maximum Gasteiger partial charge on any atom is 0.407 e. The Balaban J connectivity index is 0.835. The number of amides is 6. The zero-order chi connectivity index (χ0) is 59.7. The molecular weight excluding hydrogens is 1180 g/mol. The number of carbonyl (C=O) groups excluding carboxylic acids is 6. The van der Waals surface area contributed by atoms with Crippen molar-refractivity contribution < 1.29 is 75.3 Å². The van der Waals surface area contributed by atoms with E-state index in [4.69, 9.17) is 43.8 Å². The molecule has 33 nitrogen and oxygen atoms in total. The standard InChI is InChI=1S/C46H57N15O18P2S2/c1-20(2)29(53-26(62)7-5-4-6-14-59-27(63)12-13-28(59)64)39(67)51-21(3)38(66)52-23-10-8-22(9-11-23)15-73-46(70)54-30-34-24(76-42(30)60-18-49-31-36(60)55-44(47)57-40(31)68)16-74-81(72,83)79-35-25(17-75-80(71,82)78-34)77-43(33(35)65)61-19-50-32-37(61)56-45(48)58-41(32)69/h8-13,18-21,24-25,29-30,33-35,42-43,65H,4-7,14-17H2,1-3H3,(H,51,67)(H,52,66)(H,53,62)(H,54,70)(H,71,82)(H,72,83)(H3,47,55,57,68)(H3,48,56,58,69)/t21-,24+,25+,29-,30-,33-,34?,35?,42+,43+,80?,81?/m0/s1. The van der Waals surface area contributed by atoms with Crippen LogP contribution < -0.4 is 43.9 Å². The first-order valence-corrected chi connectivity index (χ1v) is 31.0. The van der Waals surface area contributed by atoms with E-state index in [1.54, 1.807) is 13.8 Å². The fourth-order valence-electron chi connectivity index (χ4n) is 9.36. The van der Waals surface area contributed by atoms with Crippen molar-refractivity contribution >= 4 is 114 Å². The summed E-state index contributed by atoms with van der Waals surface area (Å²) in [5, 5.41) is 22.2. The van der Waals surface area contributed by atoms with Crippen molar-refractivity contribution in [2.45, 2.75) is 114 Å². The average Bonchev–Trinajstić information content (AvgIpc) is 3.74. The second kappa shape index (κ2) is 25.0. The first-order chi connectivity index (χ1) is 39.3. The molecule has 4 aromatic heterocycles. The predicted molar refractivity (Wildman–Crippen MR) is 295 cm³/mol. The van der Waals surface area contributed by atoms with Crippen LogP contribution in [0.3, 0.4) is 0 Å². The highest BCUT2D eigenvalue weighted by molar-refractivity contribution is 8.44. The first kappa shape index (κ1) is 60.5. The molecule has 0 aliphatic carbocycles. The first-order valence-electron chi connectivity index (χ1n) is 25.6. The monoisotopic (exact) mass is 1230 g/mol. The Labute approximate surface area is 479 Å². The molecule has 1 aromatic carbocycles. The molecule has 12 atom stereocenters. The van der Waals surface area contributed by atoms with Crippen LogP contribution in [0, 0.1) is 5.92 Å². The van der Waals surface area contributed by atoms with Gasteiger partial charge in [0.15, 0.2) is 34.8 Å². The number of ether oxygens (including phenoxy) is 3. The van der Waals surface area contributed by atoms with E-state index < -0.39 is 117 Å². The van der Waals surface area contributed by atoms with Crippen molar-refractivity contribution in [2.75, 3.05) is 36.5 Å². The third kappa shape index (κ3) is 14.0. The number of hydrogen-bond acceptors (Lipinski definition) is 24. The third-order valence-corrected chi connectivity index (χ3v) is 16.7. The number of anilines is 3. The highest BCUT2D eigenvalue weighted by Gasteiger charge is 2.54. The average molecular weight is 1230 g/mol. The van der Waals surface area contributed by atoms with Crippen LogP contribution in [0.4, 0.5) is 22.4 Å². The lowest BCUT2D eigenvalue weighted by atomic mass is 10.0. The molecule has 0 saturated carbocycles. The zero-order valence-corrected chi connectivity index (χ0v) is 47.7. The molecule has 4 aliphatic heterocycles. The van der Waals surface area contributed by atoms with Gasteiger partial charge in [-0.15, -0.1) is 0 Å². The topological polar surface area (TPSA) is 452 Å². The van der Waals surface area contributed by atoms with E-state index in [9.17, 15) is 52.6 Å². The maximum atomic E-state index is 14.3. The summed E-state index contributed by atoms with van der Waals surface area (Å²) in [4.78, 5) is 124. The molecule has 0 spiro atoms. The lowest BCUT2D eigenvalue weighted by Gasteiger charge is -2.30. The van der Waals surface area contributed by atoms with Gasteiger partial charge >= 0.3 is 19.7 Å². The van der Waals surface area contributed by atoms with Gasteiger partial charge in [0.25, 0.3) is 22.9 Å². The molecule has 9 rings (SSSR count). The number of hydrogen-bond donors (Lipinski definition) is 11. The number of nitrogens with two attached hydrogens (primary N) is 2. The summed E-state index contributed by atoms with van der Waals surface area (Å²) < 4.78 is 71.8. The molecule has 5 aromatic rings. The molecule has 83 heavy (non-hydrogen) atoms. The van der Waals surface area contributed by atoms with Gasteiger partial charge in [-0.2, -0.15) is 9.97 Å². The molecular formula is C46H57N15O18P2S2. The molecule has 11 N–H and O–H groups in total. The molecule has 3 saturated heterocycles. The summed E-state index contributed by atoms with van der Waals surface area (Å²) in [5.41, 5.74) is 10.4. The van der Waals surface area contributed by atoms with E-state index in [-0.39, 0.29) is 77.4 Å². The van der Waals surface area contributed by atoms with Gasteiger partial charge in [-0.3, -0.25) is 75.7 Å². The molecule has 4 unspecified atom stereocenters. The molecule has 4 aliphatic rings. The van der Waals surface area contributed by atoms with Crippen LogP contribution in [0.5, 0.6) is 0 Å². The number of aromatic nitrogens is 8. The number of H-pyrrole nitrogens is 2. The Hall–Kier alpha value is -7.04. The van der Waals surface area contributed by atoms with Gasteiger partial charge in [-0.05, 0) is 43.4 Å². The lowest BCUT2D eigenvalue weighted by molar-refractivity contribution is -0.137. The second-order valence-corrected chi connectivity index (χ2v) is 25.5. The number of alkyl carbamates (subject to hydrolysis) is 1. The lowest BCUT2D eigenvalue weighted by Crippen LogP contribution is -2.53. The minimum absolute atomic E-state index is 0.0984. The van der Waals surface area contributed by atoms with Crippen molar-refractivity contribution in [3.8, 4) is 0 Å². The number of imide groups is 1. The number of rotatable bonds is 17. The summed E-state index contributed by atoms with van der Waals surface area (Å²) in [6, 6.07) is 2.59. The highest BCUT2D eigenvalue weighted by Crippen LogP contribution is 2.60. The van der Waals surface area contributed by atoms with Crippen LogP contribution in [0.2, 0.25) is 0 Å². The molecule has 0 radical (unpaired) electrons. The van der Waals surface area contributed by atoms with Crippen LogP contribution in [-0.4, -0.2) is 153 Å². The van der Waals surface area contributed by atoms with E-state index in [1.807, 2.05) is 0 Å². The van der Waals surface area contributed by atoms with Gasteiger partial charge in [0.05, 0.1) is 25.9 Å². The van der Waals surface area contributed by atoms with Crippen LogP contribution in [0.1, 0.15) is 64.5 Å². The predicted octanol–water partition coefficient (Wildman–Crippen LogP) is 0.830. The van der Waals surface area contributed by atoms with Crippen LogP contribution in [0.15, 0.2) is 58.7 Å². The number of nitrogen functional groups attached to an aromatic ring is 2. The van der Waals surface area contributed by atoms with E-state index in [1.165, 1.54) is 52.5 Å². The van der Waals surface area contributed by atoms with Crippen molar-refractivity contribution in [3.05, 3.63) is 75.3 Å². The smallest absolute Gasteiger partial charge is 0.407 e. The zero-order valence-electron chi connectivity index (χ0n) is 44.1. The number of nitrogens with zero attached hydrogens (tertiary/aromatic N) is 7. The minimum Gasteiger partial charge on any atom is -0.445 e. The molecule has 3 fully saturated rings. The quantitative estimate of drug-likeness (QED) is 0.0266. The highest BCUT2D eigenvalue weighted by atomic mass is 32.7. The van der Waals surface area contributed by atoms with Crippen LogP contribution >= 0.6 is 38.1 Å². The number of thiol groups is 2. The van der Waals surface area contributed by atoms with Gasteiger partial charge < -0.3 is 52.1 Å². The summed E-state index contributed by atoms with van der Waals surface area (Å²) >= 11 is 8.37. The largest absolute Gasteiger partial charge is 0.445 e. The van der Waals surface area contributed by atoms with E-state index >= 15 is 0 Å². The number of benzene rings is 1. The van der Waals surface area contributed by atoms with Gasteiger partial charge in [0, 0.05) is 30.8 Å². The number of aromatic amines is 2. The van der Waals surface area contributed by atoms with E-state index in [0.717, 1.165) is 17.6 Å². The minimum atomic E-state index is -4.64. The molecule has 37 heteroatoms. The number of aliphatic hydroxyl groups is 1. The van der Waals surface area contributed by atoms with Crippen molar-refractivity contribution in [1.82, 2.24) is 59.9 Å². The SMILES string of the molecule is CC(C)[C@H](NC(=O)CCCCCN1C(=O)C=CC1=O)C(=O)N[C@@H](C)C(=O)Nc1ccc(COC(=O)N[C@H]2C3OP(=O)(S)OC[C@H]4O[C@@H](n5cnc6c(=O)[nH]c(N)nc65)[C@@H](O)C4OP(=O)(S)OC[C@H]3O[C@H]2n2cnc3c(=O)[nH]c(N)nc32)cc1. The Morgan fingerprint density at radius 2 is 1.34 bits per heavy atom. The summed E-state index contributed by atoms with van der Waals surface area (Å²) in [5.74, 6) is -3.24. The van der Waals surface area contributed by atoms with Crippen molar-refractivity contribution in [3.63, 3.8) is 0 Å². The van der Waals surface area contributed by atoms with E-state index in [0.29, 0.717) is 30.5 Å². The second-order valence-electron chi connectivity index (χ2n) is 19.8. The van der Waals surface area contributed by atoms with Gasteiger partial charge in [0.1, 0.15) is 55.3 Å². The normalized spacial score (nSPS) is 27.1. The number of aliphatic hydroxyl groups excluding tert-OH is 1. The maximum absolute atomic E-state index is 14.3. The van der Waals surface area contributed by atoms with Crippen LogP contribution in [0.25, 0.3) is 22.3 Å². The summed E-state index contributed by atoms with van der Waals surface area (Å²) in [7, 11) is 0. The van der Waals surface area contributed by atoms with Crippen molar-refractivity contribution in [2.24, 2.45) is 5.92 Å². The molecule has 6 amide bonds. The van der Waals surface area contributed by atoms with Gasteiger partial charge in [-0.25, -0.2) is 23.9 Å². The Bertz CT molecular complexity index is 3560. The summed E-state index contributed by atoms with van der Waals surface area (Å²) in [6.07, 6.45) is -5.51. The number of carbonyl (C=O) groups is 6. The fraction of sp³-hybridized carbons (Fsp3) is 0.478. The van der Waals surface area contributed by atoms with Crippen LogP contribution in [-0.2, 0) is 72.0 Å².